The van der Waals surface area contributed by atoms with E-state index < -0.39 is 13.7 Å². The Morgan fingerprint density at radius 1 is 1.02 bits per heavy atom. The second kappa shape index (κ2) is 16.4. The molecule has 2 aliphatic heterocycles. The average molecular weight is 806 g/mol. The number of amides is 1. The Morgan fingerprint density at radius 3 is 2.23 bits per heavy atom. The van der Waals surface area contributed by atoms with Gasteiger partial charge in [-0.15, -0.1) is 5.54 Å². The van der Waals surface area contributed by atoms with Crippen molar-refractivity contribution in [3.63, 3.8) is 0 Å². The van der Waals surface area contributed by atoms with E-state index in [2.05, 4.69) is 105 Å². The molecule has 3 aromatic rings. The molecule has 3 atom stereocenters. The van der Waals surface area contributed by atoms with Crippen molar-refractivity contribution in [2.24, 2.45) is 0 Å². The van der Waals surface area contributed by atoms with Gasteiger partial charge in [0.2, 0.25) is 0 Å². The van der Waals surface area contributed by atoms with Crippen LogP contribution in [0.1, 0.15) is 92.3 Å². The molecule has 0 aliphatic carbocycles. The monoisotopic (exact) mass is 804 g/mol. The number of ether oxygens (including phenoxy) is 4. The molecule has 1 aromatic heterocycles. The molecule has 3 heterocycles. The van der Waals surface area contributed by atoms with Crippen molar-refractivity contribution >= 4 is 52.9 Å². The van der Waals surface area contributed by atoms with Gasteiger partial charge in [0, 0.05) is 31.1 Å². The number of piperazine rings is 1. The quantitative estimate of drug-likeness (QED) is 0.132. The summed E-state index contributed by atoms with van der Waals surface area (Å²) in [7, 11) is -0.188. The predicted molar refractivity (Wildman–Crippen MR) is 220 cm³/mol. The van der Waals surface area contributed by atoms with Gasteiger partial charge in [-0.05, 0) is 96.0 Å². The van der Waals surface area contributed by atoms with Crippen molar-refractivity contribution in [1.82, 2.24) is 14.9 Å². The molecule has 9 nitrogen and oxygen atoms in total. The van der Waals surface area contributed by atoms with Crippen molar-refractivity contribution < 1.29 is 23.7 Å². The third-order valence-corrected chi connectivity index (χ3v) is 17.8. The first kappa shape index (κ1) is 40.6. The van der Waals surface area contributed by atoms with Crippen LogP contribution in [0.4, 0.5) is 10.6 Å². The van der Waals surface area contributed by atoms with Gasteiger partial charge >= 0.3 is 12.1 Å². The molecule has 0 saturated carbocycles. The fraction of sp³-hybridized carbons (Fsp3) is 0.548. The normalized spacial score (nSPS) is 17.8. The average Bonchev–Trinajstić information content (AvgIpc) is 3.71. The highest BCUT2D eigenvalue weighted by molar-refractivity contribution is 9.10. The highest BCUT2D eigenvalue weighted by atomic mass is 79.9. The van der Waals surface area contributed by atoms with Crippen LogP contribution >= 0.6 is 15.9 Å². The molecule has 2 aromatic carbocycles. The molecule has 2 bridgehead atoms. The summed E-state index contributed by atoms with van der Waals surface area (Å²) in [6.45, 7) is 27.5. The van der Waals surface area contributed by atoms with Gasteiger partial charge in [-0.25, -0.2) is 4.79 Å². The molecule has 2 saturated heterocycles. The zero-order chi connectivity index (χ0) is 38.8. The zero-order valence-electron chi connectivity index (χ0n) is 33.4. The number of fused-ring (bicyclic) bond motifs is 3. The second-order valence-electron chi connectivity index (χ2n) is 16.4. The van der Waals surface area contributed by atoms with Gasteiger partial charge in [0.05, 0.1) is 22.7 Å². The van der Waals surface area contributed by atoms with Crippen molar-refractivity contribution in [1.29, 1.82) is 0 Å². The molecule has 0 radical (unpaired) electrons. The number of aromatic nitrogens is 2. The van der Waals surface area contributed by atoms with Gasteiger partial charge in [-0.3, -0.25) is 0 Å². The summed E-state index contributed by atoms with van der Waals surface area (Å²) in [5, 5.41) is 0.820. The number of carbonyl (C=O) groups excluding carboxylic acids is 1. The molecular weight excluding hydrogens is 748 g/mol. The highest BCUT2D eigenvalue weighted by Crippen LogP contribution is 2.44. The number of benzene rings is 2. The van der Waals surface area contributed by atoms with E-state index in [4.69, 9.17) is 28.9 Å². The molecule has 286 valence electrons. The predicted octanol–water partition coefficient (Wildman–Crippen LogP) is 9.80. The van der Waals surface area contributed by atoms with Gasteiger partial charge in [0.15, 0.2) is 5.75 Å². The molecule has 11 heteroatoms. The molecule has 2 fully saturated rings. The third-order valence-electron chi connectivity index (χ3n) is 10.7. The lowest BCUT2D eigenvalue weighted by atomic mass is 10.1. The summed E-state index contributed by atoms with van der Waals surface area (Å²) in [5.74, 6) is 4.87. The van der Waals surface area contributed by atoms with Crippen LogP contribution in [0.5, 0.6) is 11.8 Å². The summed E-state index contributed by atoms with van der Waals surface area (Å²) in [4.78, 5) is 27.0. The first-order valence-electron chi connectivity index (χ1n) is 18.8. The van der Waals surface area contributed by atoms with Gasteiger partial charge < -0.3 is 28.7 Å². The minimum atomic E-state index is -1.84. The standard InChI is InChI=1S/C42H57BrN4O5Si/c1-13-32-20-35-37(38(36(32)43)50-25-31-16-14-30(15-17-31)18-19-53(26(2)3,27(4)5)28(6)7)44-40(51-24-29(8)49-12)45-39(35)46-22-34-21-33(46)23-47(34)41(48)52-42(9,10)11/h13-17,20,26-29,33-34H,1,21-25H2,2-12H3/t29-,33-,34-/m0/s1. The largest absolute Gasteiger partial charge is 0.485 e. The Bertz CT molecular complexity index is 1840. The number of rotatable bonds is 12. The van der Waals surface area contributed by atoms with Crippen molar-refractivity contribution in [2.75, 3.05) is 31.7 Å². The molecule has 5 rings (SSSR count). The van der Waals surface area contributed by atoms with E-state index in [1.807, 2.05) is 38.7 Å². The minimum Gasteiger partial charge on any atom is -0.485 e. The first-order chi connectivity index (χ1) is 25.0. The molecule has 0 unspecified atom stereocenters. The number of methoxy groups -OCH3 is 1. The van der Waals surface area contributed by atoms with Gasteiger partial charge in [0.1, 0.15) is 38.2 Å². The van der Waals surface area contributed by atoms with E-state index in [9.17, 15) is 4.79 Å². The fourth-order valence-electron chi connectivity index (χ4n) is 7.94. The highest BCUT2D eigenvalue weighted by Gasteiger charge is 2.48. The number of hydrogen-bond acceptors (Lipinski definition) is 8. The third kappa shape index (κ3) is 8.71. The fourth-order valence-corrected chi connectivity index (χ4v) is 13.8. The van der Waals surface area contributed by atoms with Crippen LogP contribution in [0.15, 0.2) is 41.4 Å². The lowest BCUT2D eigenvalue weighted by Crippen LogP contribution is -2.50. The van der Waals surface area contributed by atoms with Crippen molar-refractivity contribution in [3.05, 3.63) is 58.1 Å². The number of nitrogens with zero attached hydrogens (tertiary/aromatic N) is 4. The molecular formula is C42H57BrN4O5Si. The van der Waals surface area contributed by atoms with Crippen LogP contribution in [0, 0.1) is 11.5 Å². The lowest BCUT2D eigenvalue weighted by Gasteiger charge is -2.38. The van der Waals surface area contributed by atoms with E-state index in [1.54, 1.807) is 13.2 Å². The number of carbonyl (C=O) groups is 1. The summed E-state index contributed by atoms with van der Waals surface area (Å²) >= 11 is 3.80. The molecule has 53 heavy (non-hydrogen) atoms. The van der Waals surface area contributed by atoms with Crippen molar-refractivity contribution in [3.8, 4) is 23.2 Å². The Labute approximate surface area is 326 Å². The number of likely N-dealkylation sites (tertiary alicyclic amines) is 1. The van der Waals surface area contributed by atoms with Gasteiger partial charge in [-0.1, -0.05) is 72.3 Å². The summed E-state index contributed by atoms with van der Waals surface area (Å²) in [5.41, 5.74) is 8.51. The van der Waals surface area contributed by atoms with E-state index >= 15 is 0 Å². The maximum absolute atomic E-state index is 13.0. The summed E-state index contributed by atoms with van der Waals surface area (Å²) < 4.78 is 24.7. The van der Waals surface area contributed by atoms with E-state index in [0.717, 1.165) is 38.8 Å². The molecule has 2 aliphatic rings. The van der Waals surface area contributed by atoms with Crippen LogP contribution in [-0.4, -0.2) is 79.6 Å². The van der Waals surface area contributed by atoms with Gasteiger partial charge in [0.25, 0.3) is 0 Å². The molecule has 0 N–H and O–H groups in total. The van der Waals surface area contributed by atoms with Crippen LogP contribution < -0.4 is 14.4 Å². The second-order valence-corrected chi connectivity index (χ2v) is 22.7. The molecule has 1 amide bonds. The Morgan fingerprint density at radius 2 is 1.68 bits per heavy atom. The Kier molecular flexibility index (Phi) is 12.6. The van der Waals surface area contributed by atoms with Crippen molar-refractivity contribution in [2.45, 2.75) is 123 Å². The van der Waals surface area contributed by atoms with Crippen LogP contribution in [-0.2, 0) is 16.1 Å². The van der Waals surface area contributed by atoms with E-state index in [0.29, 0.717) is 47.6 Å². The summed E-state index contributed by atoms with van der Waals surface area (Å²) in [6.07, 6.45) is 2.19. The number of hydrogen-bond donors (Lipinski definition) is 0. The minimum absolute atomic E-state index is 0.00957. The SMILES string of the molecule is C=Cc1cc2c(N3C[C@@H]4C[C@H]3CN4C(=O)OC(C)(C)C)nc(OC[C@H](C)OC)nc2c(OCc2ccc(C#C[Si](C(C)C)(C(C)C)C(C)C)cc2)c1Br. The maximum Gasteiger partial charge on any atom is 0.410 e. The Balaban J connectivity index is 1.47. The summed E-state index contributed by atoms with van der Waals surface area (Å²) in [6, 6.07) is 10.7. The maximum atomic E-state index is 13.0. The van der Waals surface area contributed by atoms with E-state index in [-0.39, 0.29) is 36.9 Å². The van der Waals surface area contributed by atoms with Crippen LogP contribution in [0.3, 0.4) is 0 Å². The van der Waals surface area contributed by atoms with Gasteiger partial charge in [-0.2, -0.15) is 9.97 Å². The number of halogens is 1. The smallest absolute Gasteiger partial charge is 0.410 e. The number of anilines is 1. The van der Waals surface area contributed by atoms with Crippen LogP contribution in [0.2, 0.25) is 16.6 Å². The Hall–Kier alpha value is -3.59. The molecule has 0 spiro atoms. The van der Waals surface area contributed by atoms with Crippen LogP contribution in [0.25, 0.3) is 17.0 Å². The zero-order valence-corrected chi connectivity index (χ0v) is 36.0. The topological polar surface area (TPSA) is 86.3 Å². The van der Waals surface area contributed by atoms with E-state index in [1.165, 1.54) is 0 Å². The lowest BCUT2D eigenvalue weighted by molar-refractivity contribution is 0.0214. The first-order valence-corrected chi connectivity index (χ1v) is 21.8.